The van der Waals surface area contributed by atoms with Crippen LogP contribution in [0.3, 0.4) is 0 Å². The number of hydrazine groups is 1. The number of nitrogens with two attached hydrogens (primary N) is 1. The smallest absolute Gasteiger partial charge is 0.0219 e. The molecule has 2 nitrogen and oxygen atoms in total. The fourth-order valence-corrected chi connectivity index (χ4v) is 5.18. The maximum absolute atomic E-state index is 5.85. The van der Waals surface area contributed by atoms with Gasteiger partial charge >= 0.3 is 0 Å². The molecule has 2 saturated carbocycles. The highest BCUT2D eigenvalue weighted by molar-refractivity contribution is 5.39. The van der Waals surface area contributed by atoms with E-state index in [4.69, 9.17) is 5.84 Å². The van der Waals surface area contributed by atoms with Gasteiger partial charge in [0.2, 0.25) is 0 Å². The van der Waals surface area contributed by atoms with Crippen molar-refractivity contribution in [2.24, 2.45) is 23.6 Å². The van der Waals surface area contributed by atoms with Crippen molar-refractivity contribution in [3.8, 4) is 0 Å². The fourth-order valence-electron chi connectivity index (χ4n) is 5.18. The maximum Gasteiger partial charge on any atom is 0.0219 e. The molecule has 0 aliphatic heterocycles. The zero-order chi connectivity index (χ0) is 13.5. The van der Waals surface area contributed by atoms with E-state index < -0.39 is 0 Å². The monoisotopic (exact) mass is 270 g/mol. The summed E-state index contributed by atoms with van der Waals surface area (Å²) in [5.41, 5.74) is 6.24. The van der Waals surface area contributed by atoms with Crippen LogP contribution in [0, 0.1) is 17.8 Å². The zero-order valence-corrected chi connectivity index (χ0v) is 12.2. The van der Waals surface area contributed by atoms with Crippen molar-refractivity contribution in [3.63, 3.8) is 0 Å². The van der Waals surface area contributed by atoms with Gasteiger partial charge in [-0.05, 0) is 73.3 Å². The molecule has 0 spiro atoms. The van der Waals surface area contributed by atoms with Crippen LogP contribution < -0.4 is 11.3 Å². The van der Waals surface area contributed by atoms with Crippen LogP contribution >= 0.6 is 0 Å². The second kappa shape index (κ2) is 5.16. The molecule has 108 valence electrons. The van der Waals surface area contributed by atoms with E-state index in [1.54, 1.807) is 11.1 Å². The summed E-state index contributed by atoms with van der Waals surface area (Å²) in [4.78, 5) is 0. The first-order chi connectivity index (χ1) is 9.83. The first kappa shape index (κ1) is 12.8. The van der Waals surface area contributed by atoms with Crippen LogP contribution in [0.25, 0.3) is 0 Å². The Balaban J connectivity index is 1.36. The minimum absolute atomic E-state index is 0.512. The van der Waals surface area contributed by atoms with E-state index in [1.807, 2.05) is 0 Å². The van der Waals surface area contributed by atoms with Crippen LogP contribution in [0.1, 0.15) is 55.6 Å². The third-order valence-electron chi connectivity index (χ3n) is 6.24. The summed E-state index contributed by atoms with van der Waals surface area (Å²) in [5.74, 6) is 9.60. The fraction of sp³-hybridized carbons (Fsp3) is 0.667. The van der Waals surface area contributed by atoms with Crippen LogP contribution in [-0.2, 0) is 6.42 Å². The molecule has 2 bridgehead atoms. The van der Waals surface area contributed by atoms with E-state index in [2.05, 4.69) is 29.7 Å². The van der Waals surface area contributed by atoms with Gasteiger partial charge < -0.3 is 0 Å². The molecule has 1 aromatic carbocycles. The summed E-state index contributed by atoms with van der Waals surface area (Å²) < 4.78 is 0. The molecule has 5 unspecified atom stereocenters. The van der Waals surface area contributed by atoms with Gasteiger partial charge in [-0.1, -0.05) is 30.7 Å². The zero-order valence-electron chi connectivity index (χ0n) is 12.2. The highest BCUT2D eigenvalue weighted by Crippen LogP contribution is 2.50. The van der Waals surface area contributed by atoms with E-state index in [1.165, 1.54) is 44.9 Å². The van der Waals surface area contributed by atoms with E-state index in [9.17, 15) is 0 Å². The molecule has 0 aromatic heterocycles. The van der Waals surface area contributed by atoms with Gasteiger partial charge in [0.05, 0.1) is 0 Å². The molecular weight excluding hydrogens is 244 g/mol. The van der Waals surface area contributed by atoms with Gasteiger partial charge in [-0.3, -0.25) is 11.3 Å². The van der Waals surface area contributed by atoms with Crippen LogP contribution in [0.4, 0.5) is 0 Å². The first-order valence-electron chi connectivity index (χ1n) is 8.37. The summed E-state index contributed by atoms with van der Waals surface area (Å²) in [7, 11) is 0. The highest BCUT2D eigenvalue weighted by Gasteiger charge is 2.40. The molecule has 3 aliphatic carbocycles. The SMILES string of the molecule is NNC(CC1Cc2ccccc21)CC1CC2CCC1C2. The van der Waals surface area contributed by atoms with Crippen molar-refractivity contribution in [2.75, 3.05) is 0 Å². The number of nitrogens with one attached hydrogen (secondary N) is 1. The lowest BCUT2D eigenvalue weighted by atomic mass is 9.73. The molecule has 3 aliphatic rings. The van der Waals surface area contributed by atoms with E-state index in [0.29, 0.717) is 6.04 Å². The minimum Gasteiger partial charge on any atom is -0.271 e. The van der Waals surface area contributed by atoms with Gasteiger partial charge in [-0.15, -0.1) is 0 Å². The number of fused-ring (bicyclic) bond motifs is 3. The van der Waals surface area contributed by atoms with E-state index in [0.717, 1.165) is 23.7 Å². The van der Waals surface area contributed by atoms with Crippen molar-refractivity contribution in [2.45, 2.75) is 56.9 Å². The normalized spacial score (nSPS) is 35.6. The average Bonchev–Trinajstić information content (AvgIpc) is 3.06. The lowest BCUT2D eigenvalue weighted by Gasteiger charge is -2.34. The molecule has 1 aromatic rings. The molecule has 0 saturated heterocycles. The highest BCUT2D eigenvalue weighted by atomic mass is 15.2. The van der Waals surface area contributed by atoms with Crippen LogP contribution in [0.5, 0.6) is 0 Å². The second-order valence-electron chi connectivity index (χ2n) is 7.37. The molecule has 20 heavy (non-hydrogen) atoms. The van der Waals surface area contributed by atoms with E-state index >= 15 is 0 Å². The molecule has 0 heterocycles. The van der Waals surface area contributed by atoms with Gasteiger partial charge in [0.15, 0.2) is 0 Å². The molecule has 2 fully saturated rings. The van der Waals surface area contributed by atoms with Gasteiger partial charge in [0, 0.05) is 6.04 Å². The maximum atomic E-state index is 5.85. The van der Waals surface area contributed by atoms with Crippen molar-refractivity contribution in [1.29, 1.82) is 0 Å². The predicted molar refractivity (Wildman–Crippen MR) is 82.2 cm³/mol. The summed E-state index contributed by atoms with van der Waals surface area (Å²) in [5, 5.41) is 0. The minimum atomic E-state index is 0.512. The molecular formula is C18H26N2. The third kappa shape index (κ3) is 2.19. The Bertz CT molecular complexity index is 484. The summed E-state index contributed by atoms with van der Waals surface area (Å²) >= 11 is 0. The number of hydrogen-bond acceptors (Lipinski definition) is 2. The Morgan fingerprint density at radius 3 is 2.75 bits per heavy atom. The molecule has 2 heteroatoms. The quantitative estimate of drug-likeness (QED) is 0.636. The number of rotatable bonds is 5. The number of benzene rings is 1. The molecule has 0 amide bonds. The Hall–Kier alpha value is -0.860. The number of hydrogen-bond donors (Lipinski definition) is 2. The first-order valence-corrected chi connectivity index (χ1v) is 8.37. The Morgan fingerprint density at radius 1 is 1.15 bits per heavy atom. The molecule has 3 N–H and O–H groups in total. The Labute approximate surface area is 122 Å². The van der Waals surface area contributed by atoms with Gasteiger partial charge in [-0.25, -0.2) is 0 Å². The van der Waals surface area contributed by atoms with Crippen LogP contribution in [0.2, 0.25) is 0 Å². The lowest BCUT2D eigenvalue weighted by molar-refractivity contribution is 0.263. The average molecular weight is 270 g/mol. The van der Waals surface area contributed by atoms with Crippen molar-refractivity contribution >= 4 is 0 Å². The third-order valence-corrected chi connectivity index (χ3v) is 6.24. The van der Waals surface area contributed by atoms with Crippen molar-refractivity contribution < 1.29 is 0 Å². The summed E-state index contributed by atoms with van der Waals surface area (Å²) in [6.07, 6.45) is 9.75. The summed E-state index contributed by atoms with van der Waals surface area (Å²) in [6.45, 7) is 0. The largest absolute Gasteiger partial charge is 0.271 e. The van der Waals surface area contributed by atoms with Gasteiger partial charge in [0.25, 0.3) is 0 Å². The van der Waals surface area contributed by atoms with Crippen molar-refractivity contribution in [3.05, 3.63) is 35.4 Å². The topological polar surface area (TPSA) is 38.0 Å². The van der Waals surface area contributed by atoms with Crippen LogP contribution in [0.15, 0.2) is 24.3 Å². The van der Waals surface area contributed by atoms with Gasteiger partial charge in [0.1, 0.15) is 0 Å². The predicted octanol–water partition coefficient (Wildman–Crippen LogP) is 3.37. The van der Waals surface area contributed by atoms with Crippen LogP contribution in [-0.4, -0.2) is 6.04 Å². The Morgan fingerprint density at radius 2 is 2.05 bits per heavy atom. The molecule has 5 atom stereocenters. The molecule has 4 rings (SSSR count). The Kier molecular flexibility index (Phi) is 3.31. The van der Waals surface area contributed by atoms with E-state index in [-0.39, 0.29) is 0 Å². The lowest BCUT2D eigenvalue weighted by Crippen LogP contribution is -2.39. The standard InChI is InChI=1S/C18H26N2/c19-20-17(10-15-8-12-5-6-13(15)7-12)11-16-9-14-3-1-2-4-18(14)16/h1-4,12-13,15-17,20H,5-11,19H2. The summed E-state index contributed by atoms with van der Waals surface area (Å²) in [6, 6.07) is 9.41. The second-order valence-corrected chi connectivity index (χ2v) is 7.37. The van der Waals surface area contributed by atoms with Crippen molar-refractivity contribution in [1.82, 2.24) is 5.43 Å². The molecule has 0 radical (unpaired) electrons. The van der Waals surface area contributed by atoms with Gasteiger partial charge in [-0.2, -0.15) is 0 Å².